The van der Waals surface area contributed by atoms with Gasteiger partial charge in [-0.25, -0.2) is 23.1 Å². The predicted octanol–water partition coefficient (Wildman–Crippen LogP) is 4.23. The number of nitrogens with one attached hydrogen (secondary N) is 2. The van der Waals surface area contributed by atoms with E-state index in [0.717, 1.165) is 18.4 Å². The van der Waals surface area contributed by atoms with Crippen molar-refractivity contribution in [2.24, 2.45) is 11.8 Å². The molecule has 1 amide bonds. The number of aromatic nitrogens is 2. The molecule has 2 aromatic rings. The fourth-order valence-corrected chi connectivity index (χ4v) is 5.26. The van der Waals surface area contributed by atoms with Crippen molar-refractivity contribution in [1.82, 2.24) is 15.3 Å². The number of hydrogen-bond acceptors (Lipinski definition) is 6. The quantitative estimate of drug-likeness (QED) is 0.593. The lowest BCUT2D eigenvalue weighted by atomic mass is 9.84. The van der Waals surface area contributed by atoms with Crippen molar-refractivity contribution in [2.75, 3.05) is 18.5 Å². The van der Waals surface area contributed by atoms with Crippen LogP contribution < -0.4 is 10.6 Å². The Bertz CT molecular complexity index is 1060. The summed E-state index contributed by atoms with van der Waals surface area (Å²) in [6, 6.07) is 3.43. The van der Waals surface area contributed by atoms with Gasteiger partial charge in [0.15, 0.2) is 6.29 Å². The first-order valence-electron chi connectivity index (χ1n) is 11.6. The molecule has 2 bridgehead atoms. The molecule has 2 N–H and O–H groups in total. The van der Waals surface area contributed by atoms with E-state index in [1.807, 2.05) is 0 Å². The third-order valence-electron chi connectivity index (χ3n) is 7.04. The number of anilines is 1. The maximum atomic E-state index is 14.7. The van der Waals surface area contributed by atoms with E-state index >= 15 is 0 Å². The van der Waals surface area contributed by atoms with Crippen LogP contribution in [-0.2, 0) is 20.7 Å². The molecule has 1 aromatic carbocycles. The van der Waals surface area contributed by atoms with E-state index in [-0.39, 0.29) is 23.9 Å². The highest BCUT2D eigenvalue weighted by molar-refractivity contribution is 5.79. The Labute approximate surface area is 195 Å². The van der Waals surface area contributed by atoms with Gasteiger partial charge in [-0.2, -0.15) is 0 Å². The second-order valence-electron chi connectivity index (χ2n) is 9.26. The number of benzene rings is 1. The zero-order valence-corrected chi connectivity index (χ0v) is 18.8. The van der Waals surface area contributed by atoms with Gasteiger partial charge in [0, 0.05) is 11.6 Å². The second-order valence-corrected chi connectivity index (χ2v) is 9.26. The lowest BCUT2D eigenvalue weighted by molar-refractivity contribution is -0.121. The van der Waals surface area contributed by atoms with E-state index in [9.17, 15) is 18.0 Å². The van der Waals surface area contributed by atoms with E-state index in [4.69, 9.17) is 9.47 Å². The summed E-state index contributed by atoms with van der Waals surface area (Å²) in [5, 5.41) is 6.21. The molecule has 34 heavy (non-hydrogen) atoms. The van der Waals surface area contributed by atoms with Crippen LogP contribution >= 0.6 is 0 Å². The molecule has 4 aliphatic rings. The van der Waals surface area contributed by atoms with Crippen LogP contribution in [0.3, 0.4) is 0 Å². The van der Waals surface area contributed by atoms with Gasteiger partial charge in [-0.15, -0.1) is 0 Å². The number of hydrogen-bond donors (Lipinski definition) is 2. The van der Waals surface area contributed by atoms with E-state index in [1.165, 1.54) is 31.3 Å². The second kappa shape index (κ2) is 9.50. The maximum Gasteiger partial charge on any atom is 0.266 e. The van der Waals surface area contributed by atoms with Crippen LogP contribution in [0.4, 0.5) is 19.0 Å². The first-order valence-corrected chi connectivity index (χ1v) is 11.6. The highest BCUT2D eigenvalue weighted by atomic mass is 19.3. The summed E-state index contributed by atoms with van der Waals surface area (Å²) in [6.45, 7) is 2.39. The Balaban J connectivity index is 1.38. The third kappa shape index (κ3) is 4.48. The zero-order chi connectivity index (χ0) is 23.8. The smallest absolute Gasteiger partial charge is 0.266 e. The van der Waals surface area contributed by atoms with E-state index < -0.39 is 30.1 Å². The molecular formula is C24H27F3N4O3. The maximum absolute atomic E-state index is 14.7. The SMILES string of the molecule is C[C@@H](Nc1ncnc(CC(=O)N[C@@H]2CC3CC2C3)c1C1OCCO1)c1cccc(C(F)F)c1F. The highest BCUT2D eigenvalue weighted by Gasteiger charge is 2.44. The molecule has 0 radical (unpaired) electrons. The molecule has 6 rings (SSSR count). The lowest BCUT2D eigenvalue weighted by Gasteiger charge is -2.25. The van der Waals surface area contributed by atoms with E-state index in [0.29, 0.717) is 36.2 Å². The van der Waals surface area contributed by atoms with Crippen molar-refractivity contribution < 1.29 is 27.4 Å². The molecule has 2 heterocycles. The zero-order valence-electron chi connectivity index (χ0n) is 18.8. The minimum Gasteiger partial charge on any atom is -0.363 e. The number of carbonyl (C=O) groups excluding carboxylic acids is 1. The van der Waals surface area contributed by atoms with Gasteiger partial charge in [-0.05, 0) is 38.0 Å². The molecule has 3 aliphatic carbocycles. The van der Waals surface area contributed by atoms with Gasteiger partial charge < -0.3 is 20.1 Å². The minimum absolute atomic E-state index is 0.0211. The largest absolute Gasteiger partial charge is 0.363 e. The van der Waals surface area contributed by atoms with Gasteiger partial charge in [0.05, 0.1) is 42.5 Å². The minimum atomic E-state index is -2.92. The Morgan fingerprint density at radius 3 is 2.56 bits per heavy atom. The number of nitrogens with zero attached hydrogens (tertiary/aromatic N) is 2. The summed E-state index contributed by atoms with van der Waals surface area (Å²) < 4.78 is 52.4. The van der Waals surface area contributed by atoms with Crippen molar-refractivity contribution in [3.63, 3.8) is 0 Å². The van der Waals surface area contributed by atoms with Gasteiger partial charge in [0.2, 0.25) is 5.91 Å². The normalized spacial score (nSPS) is 24.8. The monoisotopic (exact) mass is 476 g/mol. The van der Waals surface area contributed by atoms with Gasteiger partial charge in [0.1, 0.15) is 18.0 Å². The number of amides is 1. The molecule has 2 atom stereocenters. The number of carbonyl (C=O) groups is 1. The van der Waals surface area contributed by atoms with Crippen molar-refractivity contribution in [3.8, 4) is 0 Å². The number of ether oxygens (including phenoxy) is 2. The standard InChI is InChI=1S/C24H27F3N4O3/c1-12(15-3-2-4-16(21(15)25)22(26)27)30-23-20(24-33-5-6-34-24)18(28-11-29-23)10-19(32)31-17-9-13-7-14(17)8-13/h2-4,11-14,17,22,24H,5-10H2,1H3,(H,31,32)(H,28,29,30)/t12-,13?,14?,17-/m1/s1. The first-order chi connectivity index (χ1) is 16.4. The summed E-state index contributed by atoms with van der Waals surface area (Å²) in [5.41, 5.74) is 0.332. The van der Waals surface area contributed by atoms with Crippen LogP contribution in [0.2, 0.25) is 0 Å². The Hall–Kier alpha value is -2.72. The average molecular weight is 476 g/mol. The molecule has 182 valence electrons. The molecule has 0 unspecified atom stereocenters. The van der Waals surface area contributed by atoms with Crippen molar-refractivity contribution in [3.05, 3.63) is 52.7 Å². The third-order valence-corrected chi connectivity index (χ3v) is 7.04. The topological polar surface area (TPSA) is 85.4 Å². The molecule has 1 saturated heterocycles. The fraction of sp³-hybridized carbons (Fsp3) is 0.542. The van der Waals surface area contributed by atoms with Gasteiger partial charge in [-0.3, -0.25) is 4.79 Å². The number of fused-ring (bicyclic) bond motifs is 1. The molecule has 3 saturated carbocycles. The van der Waals surface area contributed by atoms with Crippen LogP contribution in [-0.4, -0.2) is 35.1 Å². The van der Waals surface area contributed by atoms with Gasteiger partial charge in [0.25, 0.3) is 6.43 Å². The lowest BCUT2D eigenvalue weighted by Crippen LogP contribution is -2.37. The summed E-state index contributed by atoms with van der Waals surface area (Å²) >= 11 is 0. The summed E-state index contributed by atoms with van der Waals surface area (Å²) in [6.07, 6.45) is 1.02. The molecule has 10 heteroatoms. The summed E-state index contributed by atoms with van der Waals surface area (Å²) in [7, 11) is 0. The fourth-order valence-electron chi connectivity index (χ4n) is 5.26. The van der Waals surface area contributed by atoms with Crippen LogP contribution in [0.15, 0.2) is 24.5 Å². The molecule has 7 nitrogen and oxygen atoms in total. The van der Waals surface area contributed by atoms with E-state index in [1.54, 1.807) is 6.92 Å². The average Bonchev–Trinajstić information content (AvgIpc) is 3.51. The summed E-state index contributed by atoms with van der Waals surface area (Å²) in [5.74, 6) is 0.507. The summed E-state index contributed by atoms with van der Waals surface area (Å²) in [4.78, 5) is 21.4. The Morgan fingerprint density at radius 1 is 1.15 bits per heavy atom. The van der Waals surface area contributed by atoms with Crippen molar-refractivity contribution in [2.45, 2.75) is 57.4 Å². The Morgan fingerprint density at radius 2 is 1.88 bits per heavy atom. The van der Waals surface area contributed by atoms with Gasteiger partial charge in [-0.1, -0.05) is 18.2 Å². The van der Waals surface area contributed by atoms with Crippen LogP contribution in [0.1, 0.15) is 67.3 Å². The number of alkyl halides is 2. The number of halogens is 3. The van der Waals surface area contributed by atoms with Crippen molar-refractivity contribution in [1.29, 1.82) is 0 Å². The molecule has 4 fully saturated rings. The van der Waals surface area contributed by atoms with Crippen LogP contribution in [0.5, 0.6) is 0 Å². The molecule has 1 aliphatic heterocycles. The highest BCUT2D eigenvalue weighted by Crippen LogP contribution is 2.48. The first kappa shape index (κ1) is 23.0. The predicted molar refractivity (Wildman–Crippen MR) is 117 cm³/mol. The van der Waals surface area contributed by atoms with E-state index in [2.05, 4.69) is 20.6 Å². The number of rotatable bonds is 8. The molecule has 0 spiro atoms. The molecule has 1 aromatic heterocycles. The van der Waals surface area contributed by atoms with Gasteiger partial charge >= 0.3 is 0 Å². The van der Waals surface area contributed by atoms with Crippen LogP contribution in [0.25, 0.3) is 0 Å². The van der Waals surface area contributed by atoms with Crippen molar-refractivity contribution >= 4 is 11.7 Å². The van der Waals surface area contributed by atoms with Crippen LogP contribution in [0, 0.1) is 17.7 Å². The molecular weight excluding hydrogens is 449 g/mol. The Kier molecular flexibility index (Phi) is 6.44.